The van der Waals surface area contributed by atoms with E-state index in [0.717, 1.165) is 12.0 Å². The van der Waals surface area contributed by atoms with Crippen LogP contribution in [0.2, 0.25) is 0 Å². The molecular formula is C18H38N2. The number of nitrogens with one attached hydrogen (secondary N) is 1. The van der Waals surface area contributed by atoms with Crippen molar-refractivity contribution in [1.82, 2.24) is 10.2 Å². The smallest absolute Gasteiger partial charge is 0.00903 e. The SMILES string of the molecule is CCCC1(CN(CC(C)C)C(CC)CC)CCCNC1. The predicted molar refractivity (Wildman–Crippen MR) is 90.2 cm³/mol. The van der Waals surface area contributed by atoms with Crippen molar-refractivity contribution in [3.8, 4) is 0 Å². The highest BCUT2D eigenvalue weighted by molar-refractivity contribution is 4.89. The molecular weight excluding hydrogens is 244 g/mol. The lowest BCUT2D eigenvalue weighted by Crippen LogP contribution is -2.50. The molecule has 1 unspecified atom stereocenters. The summed E-state index contributed by atoms with van der Waals surface area (Å²) in [6.45, 7) is 16.8. The average molecular weight is 283 g/mol. The van der Waals surface area contributed by atoms with Crippen LogP contribution >= 0.6 is 0 Å². The third-order valence-electron chi connectivity index (χ3n) is 4.94. The Morgan fingerprint density at radius 2 is 1.85 bits per heavy atom. The molecule has 1 saturated heterocycles. The van der Waals surface area contributed by atoms with Gasteiger partial charge in [-0.05, 0) is 50.0 Å². The minimum absolute atomic E-state index is 0.532. The molecule has 1 aliphatic rings. The monoisotopic (exact) mass is 282 g/mol. The molecule has 2 nitrogen and oxygen atoms in total. The summed E-state index contributed by atoms with van der Waals surface area (Å²) >= 11 is 0. The van der Waals surface area contributed by atoms with Gasteiger partial charge in [0.2, 0.25) is 0 Å². The van der Waals surface area contributed by atoms with Gasteiger partial charge < -0.3 is 5.32 Å². The minimum Gasteiger partial charge on any atom is -0.316 e. The second kappa shape index (κ2) is 9.04. The van der Waals surface area contributed by atoms with Crippen LogP contribution in [-0.4, -0.2) is 37.1 Å². The fraction of sp³-hybridized carbons (Fsp3) is 1.00. The van der Waals surface area contributed by atoms with Crippen molar-refractivity contribution in [3.05, 3.63) is 0 Å². The first kappa shape index (κ1) is 18.0. The molecule has 2 heteroatoms. The van der Waals surface area contributed by atoms with Gasteiger partial charge in [0.15, 0.2) is 0 Å². The summed E-state index contributed by atoms with van der Waals surface area (Å²) < 4.78 is 0. The molecule has 0 spiro atoms. The van der Waals surface area contributed by atoms with Crippen LogP contribution in [0.15, 0.2) is 0 Å². The van der Waals surface area contributed by atoms with Crippen molar-refractivity contribution in [3.63, 3.8) is 0 Å². The fourth-order valence-corrected chi connectivity index (χ4v) is 4.04. The normalized spacial score (nSPS) is 24.0. The lowest BCUT2D eigenvalue weighted by atomic mass is 9.76. The molecule has 1 N–H and O–H groups in total. The van der Waals surface area contributed by atoms with E-state index in [9.17, 15) is 0 Å². The van der Waals surface area contributed by atoms with Crippen molar-refractivity contribution in [2.24, 2.45) is 11.3 Å². The van der Waals surface area contributed by atoms with Crippen LogP contribution in [0.1, 0.15) is 73.1 Å². The van der Waals surface area contributed by atoms with Crippen LogP contribution in [0.4, 0.5) is 0 Å². The Hall–Kier alpha value is -0.0800. The van der Waals surface area contributed by atoms with E-state index < -0.39 is 0 Å². The van der Waals surface area contributed by atoms with E-state index in [0.29, 0.717) is 5.41 Å². The molecule has 0 aromatic rings. The molecule has 0 amide bonds. The molecule has 120 valence electrons. The molecule has 0 aromatic carbocycles. The Bertz CT molecular complexity index is 234. The molecule has 1 heterocycles. The highest BCUT2D eigenvalue weighted by Gasteiger charge is 2.34. The minimum atomic E-state index is 0.532. The summed E-state index contributed by atoms with van der Waals surface area (Å²) in [5, 5.41) is 3.67. The van der Waals surface area contributed by atoms with Crippen molar-refractivity contribution in [1.29, 1.82) is 0 Å². The van der Waals surface area contributed by atoms with Gasteiger partial charge in [-0.15, -0.1) is 0 Å². The van der Waals surface area contributed by atoms with Crippen molar-refractivity contribution in [2.45, 2.75) is 79.2 Å². The number of piperidine rings is 1. The molecule has 0 aromatic heterocycles. The van der Waals surface area contributed by atoms with Crippen LogP contribution < -0.4 is 5.32 Å². The molecule has 0 aliphatic carbocycles. The third-order valence-corrected chi connectivity index (χ3v) is 4.94. The molecule has 20 heavy (non-hydrogen) atoms. The lowest BCUT2D eigenvalue weighted by Gasteiger charge is -2.44. The predicted octanol–water partition coefficient (Wildman–Crippen LogP) is 4.30. The van der Waals surface area contributed by atoms with Gasteiger partial charge in [-0.1, -0.05) is 41.0 Å². The molecule has 1 fully saturated rings. The molecule has 0 bridgehead atoms. The summed E-state index contributed by atoms with van der Waals surface area (Å²) in [7, 11) is 0. The van der Waals surface area contributed by atoms with Crippen LogP contribution in [0.5, 0.6) is 0 Å². The maximum Gasteiger partial charge on any atom is 0.00903 e. The van der Waals surface area contributed by atoms with Gasteiger partial charge in [0, 0.05) is 25.7 Å². The van der Waals surface area contributed by atoms with Gasteiger partial charge in [0.25, 0.3) is 0 Å². The van der Waals surface area contributed by atoms with Gasteiger partial charge in [-0.3, -0.25) is 4.90 Å². The Morgan fingerprint density at radius 3 is 2.30 bits per heavy atom. The van der Waals surface area contributed by atoms with Crippen molar-refractivity contribution in [2.75, 3.05) is 26.2 Å². The zero-order valence-electron chi connectivity index (χ0n) is 14.7. The van der Waals surface area contributed by atoms with Gasteiger partial charge in [-0.2, -0.15) is 0 Å². The Labute approximate surface area is 127 Å². The summed E-state index contributed by atoms with van der Waals surface area (Å²) in [5.74, 6) is 0.769. The van der Waals surface area contributed by atoms with Gasteiger partial charge in [0.1, 0.15) is 0 Å². The standard InChI is InChI=1S/C18H38N2/c1-6-10-18(11-9-12-19-14-18)15-20(13-16(4)5)17(7-2)8-3/h16-17,19H,6-15H2,1-5H3. The Balaban J connectivity index is 2.77. The number of nitrogens with zero attached hydrogens (tertiary/aromatic N) is 1. The first-order chi connectivity index (χ1) is 9.56. The van der Waals surface area contributed by atoms with Crippen molar-refractivity contribution < 1.29 is 0 Å². The zero-order chi connectivity index (χ0) is 15.0. The van der Waals surface area contributed by atoms with Gasteiger partial charge in [-0.25, -0.2) is 0 Å². The second-order valence-corrected chi connectivity index (χ2v) is 7.32. The van der Waals surface area contributed by atoms with Crippen LogP contribution in [0.3, 0.4) is 0 Å². The Morgan fingerprint density at radius 1 is 1.15 bits per heavy atom. The van der Waals surface area contributed by atoms with Crippen LogP contribution in [0.25, 0.3) is 0 Å². The quantitative estimate of drug-likeness (QED) is 0.678. The largest absolute Gasteiger partial charge is 0.316 e. The topological polar surface area (TPSA) is 15.3 Å². The van der Waals surface area contributed by atoms with E-state index in [1.54, 1.807) is 0 Å². The first-order valence-electron chi connectivity index (χ1n) is 9.01. The summed E-state index contributed by atoms with van der Waals surface area (Å²) in [6.07, 6.45) is 8.06. The molecule has 0 saturated carbocycles. The fourth-order valence-electron chi connectivity index (χ4n) is 4.04. The van der Waals surface area contributed by atoms with E-state index in [1.807, 2.05) is 0 Å². The molecule has 1 aliphatic heterocycles. The van der Waals surface area contributed by atoms with Crippen LogP contribution in [0, 0.1) is 11.3 Å². The van der Waals surface area contributed by atoms with Gasteiger partial charge >= 0.3 is 0 Å². The van der Waals surface area contributed by atoms with E-state index in [1.165, 1.54) is 64.7 Å². The number of hydrogen-bond donors (Lipinski definition) is 1. The van der Waals surface area contributed by atoms with Crippen LogP contribution in [-0.2, 0) is 0 Å². The maximum atomic E-state index is 3.67. The van der Waals surface area contributed by atoms with Gasteiger partial charge in [0.05, 0.1) is 0 Å². The van der Waals surface area contributed by atoms with E-state index in [2.05, 4.69) is 44.8 Å². The molecule has 1 rings (SSSR count). The summed E-state index contributed by atoms with van der Waals surface area (Å²) in [4.78, 5) is 2.81. The maximum absolute atomic E-state index is 3.67. The first-order valence-corrected chi connectivity index (χ1v) is 9.01. The average Bonchev–Trinajstić information content (AvgIpc) is 2.40. The lowest BCUT2D eigenvalue weighted by molar-refractivity contribution is 0.0651. The molecule has 0 radical (unpaired) electrons. The number of hydrogen-bond acceptors (Lipinski definition) is 2. The highest BCUT2D eigenvalue weighted by atomic mass is 15.2. The molecule has 1 atom stereocenters. The summed E-state index contributed by atoms with van der Waals surface area (Å²) in [5.41, 5.74) is 0.532. The van der Waals surface area contributed by atoms with Crippen molar-refractivity contribution >= 4 is 0 Å². The third kappa shape index (κ3) is 5.37. The van der Waals surface area contributed by atoms with E-state index in [-0.39, 0.29) is 0 Å². The number of rotatable bonds is 9. The summed E-state index contributed by atoms with van der Waals surface area (Å²) in [6, 6.07) is 0.771. The highest BCUT2D eigenvalue weighted by Crippen LogP contribution is 2.34. The van der Waals surface area contributed by atoms with E-state index >= 15 is 0 Å². The zero-order valence-corrected chi connectivity index (χ0v) is 14.7. The Kier molecular flexibility index (Phi) is 8.13. The van der Waals surface area contributed by atoms with E-state index in [4.69, 9.17) is 0 Å². The second-order valence-electron chi connectivity index (χ2n) is 7.32.